The van der Waals surface area contributed by atoms with Gasteiger partial charge in [0.2, 0.25) is 5.65 Å². The molecule has 0 spiro atoms. The van der Waals surface area contributed by atoms with E-state index in [1.807, 2.05) is 24.0 Å². The number of carbonyl (C=O) groups is 1. The predicted molar refractivity (Wildman–Crippen MR) is 127 cm³/mol. The Balaban J connectivity index is 1.25. The zero-order chi connectivity index (χ0) is 24.7. The molecule has 0 saturated carbocycles. The molecule has 4 aromatic rings. The van der Waals surface area contributed by atoms with Crippen LogP contribution in [0.3, 0.4) is 0 Å². The number of nitrogens with zero attached hydrogens (tertiary/aromatic N) is 8. The van der Waals surface area contributed by atoms with E-state index in [4.69, 9.17) is 4.42 Å². The van der Waals surface area contributed by atoms with Crippen molar-refractivity contribution in [3.63, 3.8) is 0 Å². The fraction of sp³-hybridized carbons (Fsp3) is 0.417. The first-order valence-corrected chi connectivity index (χ1v) is 11.5. The standard InChI is InChI=1S/C24H27FN8O2/c1-15-5-6-19-21(28-15)29-23(35-19)32-9-7-31(8-10-32)22(34)16-11-17(25)20(26-12-16)18-13-27-33(30-18)14-24(2,3)4/h5-6,11-13H,7-10,14H2,1-4H3. The van der Waals surface area contributed by atoms with Crippen molar-refractivity contribution in [2.24, 2.45) is 5.41 Å². The Morgan fingerprint density at radius 2 is 1.89 bits per heavy atom. The highest BCUT2D eigenvalue weighted by Gasteiger charge is 2.26. The molecule has 1 aliphatic rings. The smallest absolute Gasteiger partial charge is 0.300 e. The minimum atomic E-state index is -0.605. The highest BCUT2D eigenvalue weighted by molar-refractivity contribution is 5.94. The molecule has 0 N–H and O–H groups in total. The maximum atomic E-state index is 14.9. The highest BCUT2D eigenvalue weighted by Crippen LogP contribution is 2.24. The van der Waals surface area contributed by atoms with E-state index in [2.05, 4.69) is 45.9 Å². The summed E-state index contributed by atoms with van der Waals surface area (Å²) in [5.74, 6) is -0.875. The van der Waals surface area contributed by atoms with E-state index in [1.165, 1.54) is 23.3 Å². The molecule has 35 heavy (non-hydrogen) atoms. The predicted octanol–water partition coefficient (Wildman–Crippen LogP) is 3.33. The van der Waals surface area contributed by atoms with Crippen LogP contribution in [0.5, 0.6) is 0 Å². The summed E-state index contributed by atoms with van der Waals surface area (Å²) in [6.45, 7) is 10.7. The molecule has 1 aliphatic heterocycles. The van der Waals surface area contributed by atoms with Crippen molar-refractivity contribution in [3.8, 4) is 11.4 Å². The van der Waals surface area contributed by atoms with Crippen LogP contribution in [0, 0.1) is 18.2 Å². The second-order valence-electron chi connectivity index (χ2n) is 9.93. The molecule has 182 valence electrons. The van der Waals surface area contributed by atoms with Gasteiger partial charge in [0.25, 0.3) is 11.9 Å². The molecule has 1 fully saturated rings. The van der Waals surface area contributed by atoms with Gasteiger partial charge in [-0.15, -0.1) is 0 Å². The fourth-order valence-corrected chi connectivity index (χ4v) is 3.97. The number of amides is 1. The number of aryl methyl sites for hydroxylation is 1. The number of anilines is 1. The number of fused-ring (bicyclic) bond motifs is 1. The van der Waals surface area contributed by atoms with Gasteiger partial charge in [0, 0.05) is 38.1 Å². The third-order valence-electron chi connectivity index (χ3n) is 5.70. The van der Waals surface area contributed by atoms with Gasteiger partial charge >= 0.3 is 0 Å². The zero-order valence-electron chi connectivity index (χ0n) is 20.2. The molecule has 1 amide bonds. The first kappa shape index (κ1) is 22.9. The molecule has 0 bridgehead atoms. The summed E-state index contributed by atoms with van der Waals surface area (Å²) >= 11 is 0. The molecule has 0 atom stereocenters. The van der Waals surface area contributed by atoms with Gasteiger partial charge < -0.3 is 14.2 Å². The number of oxazole rings is 1. The van der Waals surface area contributed by atoms with Crippen molar-refractivity contribution >= 4 is 23.2 Å². The number of halogens is 1. The number of carbonyl (C=O) groups excluding carboxylic acids is 1. The molecule has 0 radical (unpaired) electrons. The Labute approximate surface area is 201 Å². The summed E-state index contributed by atoms with van der Waals surface area (Å²) in [6, 6.07) is 5.43. The van der Waals surface area contributed by atoms with Crippen LogP contribution in [0.2, 0.25) is 0 Å². The van der Waals surface area contributed by atoms with Crippen molar-refractivity contribution in [1.82, 2.24) is 34.8 Å². The topological polar surface area (TPSA) is 106 Å². The maximum absolute atomic E-state index is 14.9. The van der Waals surface area contributed by atoms with Crippen LogP contribution in [0.15, 0.2) is 35.0 Å². The Hall–Kier alpha value is -3.89. The van der Waals surface area contributed by atoms with Crippen LogP contribution in [0.25, 0.3) is 22.6 Å². The molecule has 1 saturated heterocycles. The van der Waals surface area contributed by atoms with Gasteiger partial charge in [-0.3, -0.25) is 9.78 Å². The Kier molecular flexibility index (Phi) is 5.70. The minimum absolute atomic E-state index is 0.0149. The SMILES string of the molecule is Cc1ccc2oc(N3CCN(C(=O)c4cnc(-c5cnn(CC(C)(C)C)n5)c(F)c4)CC3)nc2n1. The average molecular weight is 479 g/mol. The fourth-order valence-electron chi connectivity index (χ4n) is 3.97. The van der Waals surface area contributed by atoms with E-state index in [-0.39, 0.29) is 22.6 Å². The lowest BCUT2D eigenvalue weighted by molar-refractivity contribution is 0.0744. The third kappa shape index (κ3) is 4.84. The molecular weight excluding hydrogens is 451 g/mol. The Morgan fingerprint density at radius 1 is 1.11 bits per heavy atom. The number of hydrogen-bond acceptors (Lipinski definition) is 8. The number of aromatic nitrogens is 6. The second kappa shape index (κ2) is 8.71. The van der Waals surface area contributed by atoms with Gasteiger partial charge in [0.1, 0.15) is 11.4 Å². The molecule has 5 heterocycles. The Bertz CT molecular complexity index is 1380. The largest absolute Gasteiger partial charge is 0.422 e. The van der Waals surface area contributed by atoms with Gasteiger partial charge in [-0.25, -0.2) is 9.37 Å². The van der Waals surface area contributed by atoms with Crippen molar-refractivity contribution in [2.45, 2.75) is 34.2 Å². The van der Waals surface area contributed by atoms with Gasteiger partial charge in [-0.05, 0) is 30.5 Å². The van der Waals surface area contributed by atoms with Crippen molar-refractivity contribution in [2.75, 3.05) is 31.1 Å². The molecular formula is C24H27FN8O2. The molecule has 11 heteroatoms. The number of hydrogen-bond donors (Lipinski definition) is 0. The van der Waals surface area contributed by atoms with E-state index in [1.54, 1.807) is 4.90 Å². The number of rotatable bonds is 4. The zero-order valence-corrected chi connectivity index (χ0v) is 20.2. The van der Waals surface area contributed by atoms with Crippen molar-refractivity contribution < 1.29 is 13.6 Å². The van der Waals surface area contributed by atoms with Crippen LogP contribution in [0.4, 0.5) is 10.4 Å². The molecule has 10 nitrogen and oxygen atoms in total. The third-order valence-corrected chi connectivity index (χ3v) is 5.70. The quantitative estimate of drug-likeness (QED) is 0.440. The molecule has 0 unspecified atom stereocenters. The van der Waals surface area contributed by atoms with Gasteiger partial charge in [-0.1, -0.05) is 20.8 Å². The van der Waals surface area contributed by atoms with Crippen LogP contribution in [-0.2, 0) is 6.54 Å². The second-order valence-corrected chi connectivity index (χ2v) is 9.93. The molecule has 0 aromatic carbocycles. The van der Waals surface area contributed by atoms with Crippen LogP contribution >= 0.6 is 0 Å². The molecule has 5 rings (SSSR count). The summed E-state index contributed by atoms with van der Waals surface area (Å²) in [4.78, 5) is 31.2. The van der Waals surface area contributed by atoms with E-state index in [0.717, 1.165) is 5.69 Å². The van der Waals surface area contributed by atoms with E-state index in [0.29, 0.717) is 55.7 Å². The average Bonchev–Trinajstić information content (AvgIpc) is 3.44. The normalized spacial score (nSPS) is 14.7. The monoisotopic (exact) mass is 478 g/mol. The maximum Gasteiger partial charge on any atom is 0.300 e. The van der Waals surface area contributed by atoms with E-state index >= 15 is 0 Å². The Morgan fingerprint density at radius 3 is 2.60 bits per heavy atom. The summed E-state index contributed by atoms with van der Waals surface area (Å²) in [5, 5.41) is 8.53. The minimum Gasteiger partial charge on any atom is -0.422 e. The van der Waals surface area contributed by atoms with E-state index < -0.39 is 5.82 Å². The summed E-state index contributed by atoms with van der Waals surface area (Å²) in [6.07, 6.45) is 2.88. The van der Waals surface area contributed by atoms with Crippen molar-refractivity contribution in [3.05, 3.63) is 47.7 Å². The summed E-state index contributed by atoms with van der Waals surface area (Å²) in [7, 11) is 0. The number of piperazine rings is 1. The lowest BCUT2D eigenvalue weighted by Crippen LogP contribution is -2.49. The lowest BCUT2D eigenvalue weighted by atomic mass is 9.97. The van der Waals surface area contributed by atoms with Gasteiger partial charge in [0.05, 0.1) is 18.3 Å². The molecule has 4 aromatic heterocycles. The lowest BCUT2D eigenvalue weighted by Gasteiger charge is -2.33. The van der Waals surface area contributed by atoms with Crippen molar-refractivity contribution in [1.29, 1.82) is 0 Å². The first-order chi connectivity index (χ1) is 16.7. The van der Waals surface area contributed by atoms with Gasteiger partial charge in [0.15, 0.2) is 11.4 Å². The molecule has 0 aliphatic carbocycles. The van der Waals surface area contributed by atoms with Crippen LogP contribution < -0.4 is 4.90 Å². The number of pyridine rings is 2. The highest BCUT2D eigenvalue weighted by atomic mass is 19.1. The summed E-state index contributed by atoms with van der Waals surface area (Å²) < 4.78 is 20.7. The van der Waals surface area contributed by atoms with Gasteiger partial charge in [-0.2, -0.15) is 20.0 Å². The van der Waals surface area contributed by atoms with Crippen LogP contribution in [0.1, 0.15) is 36.8 Å². The van der Waals surface area contributed by atoms with E-state index in [9.17, 15) is 9.18 Å². The summed E-state index contributed by atoms with van der Waals surface area (Å²) in [5.41, 5.74) is 2.66. The van der Waals surface area contributed by atoms with Crippen LogP contribution in [-0.4, -0.2) is 66.9 Å². The first-order valence-electron chi connectivity index (χ1n) is 11.5.